The zero-order valence-electron chi connectivity index (χ0n) is 10.1. The number of hydrogen-bond acceptors (Lipinski definition) is 4. The van der Waals surface area contributed by atoms with Gasteiger partial charge in [-0.2, -0.15) is 0 Å². The molecule has 0 saturated carbocycles. The molecular formula is C11H18N2O3S. The van der Waals surface area contributed by atoms with E-state index in [-0.39, 0.29) is 17.3 Å². The van der Waals surface area contributed by atoms with Crippen LogP contribution in [0, 0.1) is 6.92 Å². The standard InChI is InChI=1S/C11H18N2O3S/c1-8-7-17-11(16)13(8)5-3-4-10(15)12-6-9(2)14/h7,9,14H,3-6H2,1-2H3,(H,12,15)/t9-/m1/s1. The van der Waals surface area contributed by atoms with E-state index in [1.165, 1.54) is 11.3 Å². The smallest absolute Gasteiger partial charge is 0.307 e. The molecule has 1 heterocycles. The molecule has 2 N–H and O–H groups in total. The number of aliphatic hydroxyl groups excluding tert-OH is 1. The SMILES string of the molecule is Cc1csc(=O)n1CCCC(=O)NC[C@@H](C)O. The van der Waals surface area contributed by atoms with Crippen molar-refractivity contribution >= 4 is 17.2 Å². The molecule has 0 fully saturated rings. The molecule has 1 atom stereocenters. The third-order valence-electron chi connectivity index (χ3n) is 2.36. The Bertz CT molecular complexity index is 423. The van der Waals surface area contributed by atoms with E-state index >= 15 is 0 Å². The van der Waals surface area contributed by atoms with Gasteiger partial charge in [-0.1, -0.05) is 11.3 Å². The molecule has 6 heteroatoms. The van der Waals surface area contributed by atoms with Crippen molar-refractivity contribution in [2.24, 2.45) is 0 Å². The maximum atomic E-state index is 11.4. The van der Waals surface area contributed by atoms with E-state index in [9.17, 15) is 9.59 Å². The zero-order chi connectivity index (χ0) is 12.8. The first kappa shape index (κ1) is 13.9. The second-order valence-corrected chi connectivity index (χ2v) is 4.87. The van der Waals surface area contributed by atoms with Gasteiger partial charge in [0.1, 0.15) is 0 Å². The summed E-state index contributed by atoms with van der Waals surface area (Å²) in [6.45, 7) is 4.34. The Morgan fingerprint density at radius 2 is 2.35 bits per heavy atom. The number of carbonyl (C=O) groups is 1. The highest BCUT2D eigenvalue weighted by molar-refractivity contribution is 7.07. The largest absolute Gasteiger partial charge is 0.392 e. The van der Waals surface area contributed by atoms with E-state index < -0.39 is 6.10 Å². The minimum Gasteiger partial charge on any atom is -0.392 e. The molecule has 96 valence electrons. The van der Waals surface area contributed by atoms with Gasteiger partial charge in [-0.05, 0) is 20.3 Å². The third kappa shape index (κ3) is 4.70. The van der Waals surface area contributed by atoms with Crippen molar-refractivity contribution in [2.45, 2.75) is 39.3 Å². The number of amides is 1. The van der Waals surface area contributed by atoms with Gasteiger partial charge in [0.25, 0.3) is 0 Å². The van der Waals surface area contributed by atoms with Crippen LogP contribution in [0.1, 0.15) is 25.5 Å². The lowest BCUT2D eigenvalue weighted by Crippen LogP contribution is -2.30. The molecular weight excluding hydrogens is 240 g/mol. The molecule has 0 aliphatic carbocycles. The number of nitrogens with one attached hydrogen (secondary N) is 1. The van der Waals surface area contributed by atoms with Gasteiger partial charge in [0.2, 0.25) is 5.91 Å². The Balaban J connectivity index is 2.29. The summed E-state index contributed by atoms with van der Waals surface area (Å²) < 4.78 is 1.67. The fourth-order valence-electron chi connectivity index (χ4n) is 1.42. The Morgan fingerprint density at radius 3 is 2.88 bits per heavy atom. The number of aliphatic hydroxyl groups is 1. The van der Waals surface area contributed by atoms with Crippen molar-refractivity contribution < 1.29 is 9.90 Å². The van der Waals surface area contributed by atoms with Crippen LogP contribution in [-0.4, -0.2) is 28.2 Å². The second kappa shape index (κ2) is 6.56. The predicted octanol–water partition coefficient (Wildman–Crippen LogP) is 0.495. The lowest BCUT2D eigenvalue weighted by atomic mass is 10.3. The Kier molecular flexibility index (Phi) is 5.37. The van der Waals surface area contributed by atoms with Gasteiger partial charge in [0.15, 0.2) is 0 Å². The Morgan fingerprint density at radius 1 is 1.65 bits per heavy atom. The average molecular weight is 258 g/mol. The highest BCUT2D eigenvalue weighted by Gasteiger charge is 2.05. The van der Waals surface area contributed by atoms with Crippen molar-refractivity contribution in [1.29, 1.82) is 0 Å². The lowest BCUT2D eigenvalue weighted by molar-refractivity contribution is -0.121. The van der Waals surface area contributed by atoms with Gasteiger partial charge in [0.05, 0.1) is 6.10 Å². The minimum atomic E-state index is -0.527. The molecule has 0 saturated heterocycles. The molecule has 5 nitrogen and oxygen atoms in total. The fourth-order valence-corrected chi connectivity index (χ4v) is 2.18. The van der Waals surface area contributed by atoms with Crippen LogP contribution in [-0.2, 0) is 11.3 Å². The molecule has 0 radical (unpaired) electrons. The van der Waals surface area contributed by atoms with Crippen LogP contribution in [0.5, 0.6) is 0 Å². The van der Waals surface area contributed by atoms with Crippen molar-refractivity contribution in [3.8, 4) is 0 Å². The van der Waals surface area contributed by atoms with E-state index in [1.54, 1.807) is 11.5 Å². The van der Waals surface area contributed by atoms with Crippen molar-refractivity contribution in [1.82, 2.24) is 9.88 Å². The van der Waals surface area contributed by atoms with Gasteiger partial charge >= 0.3 is 4.87 Å². The number of carbonyl (C=O) groups excluding carboxylic acids is 1. The summed E-state index contributed by atoms with van der Waals surface area (Å²) in [4.78, 5) is 22.7. The van der Waals surface area contributed by atoms with E-state index in [1.807, 2.05) is 12.3 Å². The monoisotopic (exact) mass is 258 g/mol. The Hall–Kier alpha value is -1.14. The summed E-state index contributed by atoms with van der Waals surface area (Å²) in [6.07, 6.45) is 0.470. The van der Waals surface area contributed by atoms with Crippen molar-refractivity contribution in [2.75, 3.05) is 6.54 Å². The van der Waals surface area contributed by atoms with Crippen LogP contribution >= 0.6 is 11.3 Å². The normalized spacial score (nSPS) is 12.4. The number of hydrogen-bond donors (Lipinski definition) is 2. The van der Waals surface area contributed by atoms with E-state index in [0.717, 1.165) is 5.69 Å². The highest BCUT2D eigenvalue weighted by Crippen LogP contribution is 2.02. The summed E-state index contributed by atoms with van der Waals surface area (Å²) in [5.41, 5.74) is 0.935. The van der Waals surface area contributed by atoms with E-state index in [2.05, 4.69) is 5.32 Å². The molecule has 1 rings (SSSR count). The first-order valence-electron chi connectivity index (χ1n) is 5.60. The van der Waals surface area contributed by atoms with Crippen molar-refractivity contribution in [3.05, 3.63) is 20.7 Å². The van der Waals surface area contributed by atoms with Crippen LogP contribution in [0.2, 0.25) is 0 Å². The van der Waals surface area contributed by atoms with E-state index in [0.29, 0.717) is 19.4 Å². The quantitative estimate of drug-likeness (QED) is 0.780. The molecule has 17 heavy (non-hydrogen) atoms. The van der Waals surface area contributed by atoms with Crippen LogP contribution in [0.25, 0.3) is 0 Å². The summed E-state index contributed by atoms with van der Waals surface area (Å²) in [5, 5.41) is 13.4. The van der Waals surface area contributed by atoms with Crippen LogP contribution in [0.15, 0.2) is 10.2 Å². The summed E-state index contributed by atoms with van der Waals surface area (Å²) in [5.74, 6) is -0.0909. The number of nitrogens with zero attached hydrogens (tertiary/aromatic N) is 1. The first-order valence-corrected chi connectivity index (χ1v) is 6.48. The maximum Gasteiger partial charge on any atom is 0.307 e. The summed E-state index contributed by atoms with van der Waals surface area (Å²) in [7, 11) is 0. The second-order valence-electron chi connectivity index (χ2n) is 4.05. The van der Waals surface area contributed by atoms with Gasteiger partial charge in [-0.25, -0.2) is 0 Å². The first-order chi connectivity index (χ1) is 8.00. The molecule has 0 aliphatic heterocycles. The lowest BCUT2D eigenvalue weighted by Gasteiger charge is -2.07. The number of aryl methyl sites for hydroxylation is 1. The third-order valence-corrected chi connectivity index (χ3v) is 3.24. The van der Waals surface area contributed by atoms with Crippen LogP contribution in [0.3, 0.4) is 0 Å². The molecule has 0 bridgehead atoms. The summed E-state index contributed by atoms with van der Waals surface area (Å²) in [6, 6.07) is 0. The molecule has 0 aromatic carbocycles. The average Bonchev–Trinajstić information content (AvgIpc) is 2.57. The topological polar surface area (TPSA) is 71.3 Å². The molecule has 0 aliphatic rings. The van der Waals surface area contributed by atoms with Gasteiger partial charge in [-0.15, -0.1) is 0 Å². The maximum absolute atomic E-state index is 11.4. The fraction of sp³-hybridized carbons (Fsp3) is 0.636. The van der Waals surface area contributed by atoms with Crippen molar-refractivity contribution in [3.63, 3.8) is 0 Å². The molecule has 0 spiro atoms. The summed E-state index contributed by atoms with van der Waals surface area (Å²) >= 11 is 1.18. The van der Waals surface area contributed by atoms with Gasteiger partial charge in [0, 0.05) is 30.6 Å². The number of thiazole rings is 1. The van der Waals surface area contributed by atoms with Gasteiger partial charge < -0.3 is 15.0 Å². The van der Waals surface area contributed by atoms with E-state index in [4.69, 9.17) is 5.11 Å². The predicted molar refractivity (Wildman–Crippen MR) is 67.2 cm³/mol. The van der Waals surface area contributed by atoms with Crippen LogP contribution < -0.4 is 10.2 Å². The Labute approximate surface area is 104 Å². The molecule has 1 aromatic rings. The minimum absolute atomic E-state index is 0.0203. The molecule has 1 aromatic heterocycles. The highest BCUT2D eigenvalue weighted by atomic mass is 32.1. The zero-order valence-corrected chi connectivity index (χ0v) is 10.9. The number of rotatable bonds is 6. The molecule has 1 amide bonds. The molecule has 0 unspecified atom stereocenters. The number of aromatic nitrogens is 1. The van der Waals surface area contributed by atoms with Crippen LogP contribution in [0.4, 0.5) is 0 Å². The van der Waals surface area contributed by atoms with Gasteiger partial charge in [-0.3, -0.25) is 9.59 Å².